The van der Waals surface area contributed by atoms with Crippen LogP contribution >= 0.6 is 22.9 Å². The van der Waals surface area contributed by atoms with Crippen molar-refractivity contribution in [1.29, 1.82) is 0 Å². The number of nitrogens with one attached hydrogen (secondary N) is 1. The number of benzene rings is 1. The summed E-state index contributed by atoms with van der Waals surface area (Å²) < 4.78 is 27.1. The standard InChI is InChI=1S/C12H13ClN2O2S2/c1-8(11-3-2-6-18-11)15-19(16,17)12-5-4-9(13)7-10(12)14/h2-8,15H,14H2,1H3. The third-order valence-corrected chi connectivity index (χ3v) is 5.47. The Morgan fingerprint density at radius 2 is 2.11 bits per heavy atom. The SMILES string of the molecule is CC(NS(=O)(=O)c1ccc(Cl)cc1N)c1cccs1. The fourth-order valence-corrected chi connectivity index (χ4v) is 3.98. The van der Waals surface area contributed by atoms with Gasteiger partial charge in [-0.1, -0.05) is 17.7 Å². The number of anilines is 1. The topological polar surface area (TPSA) is 72.2 Å². The Kier molecular flexibility index (Phi) is 4.15. The predicted molar refractivity (Wildman–Crippen MR) is 78.9 cm³/mol. The van der Waals surface area contributed by atoms with Crippen LogP contribution in [0, 0.1) is 0 Å². The Labute approximate surface area is 121 Å². The molecule has 3 N–H and O–H groups in total. The number of nitrogens with two attached hydrogens (primary N) is 1. The Hall–Kier alpha value is -1.08. The van der Waals surface area contributed by atoms with Crippen molar-refractivity contribution in [3.8, 4) is 0 Å². The van der Waals surface area contributed by atoms with Gasteiger partial charge in [-0.25, -0.2) is 13.1 Å². The average Bonchev–Trinajstić information content (AvgIpc) is 2.80. The van der Waals surface area contributed by atoms with Crippen molar-refractivity contribution in [3.63, 3.8) is 0 Å². The van der Waals surface area contributed by atoms with Crippen molar-refractivity contribution in [1.82, 2.24) is 4.72 Å². The summed E-state index contributed by atoms with van der Waals surface area (Å²) in [5.41, 5.74) is 5.84. The van der Waals surface area contributed by atoms with Gasteiger partial charge in [-0.3, -0.25) is 0 Å². The third-order valence-electron chi connectivity index (χ3n) is 2.56. The molecule has 7 heteroatoms. The van der Waals surface area contributed by atoms with E-state index in [-0.39, 0.29) is 16.6 Å². The maximum Gasteiger partial charge on any atom is 0.243 e. The van der Waals surface area contributed by atoms with Crippen LogP contribution in [0.15, 0.2) is 40.6 Å². The molecular formula is C12H13ClN2O2S2. The minimum absolute atomic E-state index is 0.0420. The van der Waals surface area contributed by atoms with Crippen LogP contribution < -0.4 is 10.5 Å². The molecule has 1 unspecified atom stereocenters. The maximum atomic E-state index is 12.2. The molecule has 0 aliphatic rings. The molecule has 1 heterocycles. The van der Waals surface area contributed by atoms with Crippen molar-refractivity contribution in [3.05, 3.63) is 45.6 Å². The van der Waals surface area contributed by atoms with Gasteiger partial charge in [0, 0.05) is 9.90 Å². The van der Waals surface area contributed by atoms with Crippen LogP contribution in [0.25, 0.3) is 0 Å². The normalized spacial score (nSPS) is 13.4. The largest absolute Gasteiger partial charge is 0.398 e. The highest BCUT2D eigenvalue weighted by molar-refractivity contribution is 7.89. The Balaban J connectivity index is 2.28. The van der Waals surface area contributed by atoms with Gasteiger partial charge in [-0.05, 0) is 36.6 Å². The fraction of sp³-hybridized carbons (Fsp3) is 0.167. The molecule has 1 aromatic carbocycles. The summed E-state index contributed by atoms with van der Waals surface area (Å²) in [6.45, 7) is 1.79. The molecule has 0 fully saturated rings. The molecular weight excluding hydrogens is 304 g/mol. The summed E-state index contributed by atoms with van der Waals surface area (Å²) >= 11 is 7.25. The van der Waals surface area contributed by atoms with Gasteiger partial charge >= 0.3 is 0 Å². The molecule has 2 rings (SSSR count). The minimum Gasteiger partial charge on any atom is -0.398 e. The van der Waals surface area contributed by atoms with E-state index in [2.05, 4.69) is 4.72 Å². The van der Waals surface area contributed by atoms with Crippen LogP contribution in [0.5, 0.6) is 0 Å². The second-order valence-electron chi connectivity index (χ2n) is 4.04. The highest BCUT2D eigenvalue weighted by Gasteiger charge is 2.21. The lowest BCUT2D eigenvalue weighted by molar-refractivity contribution is 0.569. The lowest BCUT2D eigenvalue weighted by Crippen LogP contribution is -2.27. The van der Waals surface area contributed by atoms with Crippen LogP contribution in [-0.4, -0.2) is 8.42 Å². The van der Waals surface area contributed by atoms with Gasteiger partial charge in [0.2, 0.25) is 10.0 Å². The van der Waals surface area contributed by atoms with E-state index in [0.717, 1.165) is 4.88 Å². The Morgan fingerprint density at radius 1 is 1.37 bits per heavy atom. The maximum absolute atomic E-state index is 12.2. The number of sulfonamides is 1. The summed E-state index contributed by atoms with van der Waals surface area (Å²) in [6, 6.07) is 7.78. The van der Waals surface area contributed by atoms with E-state index >= 15 is 0 Å². The van der Waals surface area contributed by atoms with Gasteiger partial charge in [0.1, 0.15) is 4.90 Å². The number of nitrogen functional groups attached to an aromatic ring is 1. The van der Waals surface area contributed by atoms with E-state index < -0.39 is 10.0 Å². The molecule has 0 aliphatic carbocycles. The van der Waals surface area contributed by atoms with Crippen molar-refractivity contribution < 1.29 is 8.42 Å². The first kappa shape index (κ1) is 14.3. The zero-order valence-electron chi connectivity index (χ0n) is 10.1. The van der Waals surface area contributed by atoms with Crippen LogP contribution in [0.3, 0.4) is 0 Å². The molecule has 4 nitrogen and oxygen atoms in total. The van der Waals surface area contributed by atoms with Crippen LogP contribution in [-0.2, 0) is 10.0 Å². The van der Waals surface area contributed by atoms with Gasteiger partial charge < -0.3 is 5.73 Å². The molecule has 0 bridgehead atoms. The zero-order chi connectivity index (χ0) is 14.0. The quantitative estimate of drug-likeness (QED) is 0.852. The molecule has 0 radical (unpaired) electrons. The van der Waals surface area contributed by atoms with Crippen LogP contribution in [0.2, 0.25) is 5.02 Å². The van der Waals surface area contributed by atoms with E-state index in [1.807, 2.05) is 17.5 Å². The number of thiophene rings is 1. The van der Waals surface area contributed by atoms with Crippen molar-refractivity contribution >= 4 is 38.6 Å². The molecule has 0 aliphatic heterocycles. The number of rotatable bonds is 4. The molecule has 2 aromatic rings. The smallest absolute Gasteiger partial charge is 0.243 e. The van der Waals surface area contributed by atoms with Gasteiger partial charge in [-0.15, -0.1) is 11.3 Å². The van der Waals surface area contributed by atoms with Gasteiger partial charge in [-0.2, -0.15) is 0 Å². The average molecular weight is 317 g/mol. The summed E-state index contributed by atoms with van der Waals surface area (Å²) in [5.74, 6) is 0. The van der Waals surface area contributed by atoms with Crippen molar-refractivity contribution in [2.45, 2.75) is 17.9 Å². The monoisotopic (exact) mass is 316 g/mol. The summed E-state index contributed by atoms with van der Waals surface area (Å²) in [7, 11) is -3.66. The lowest BCUT2D eigenvalue weighted by Gasteiger charge is -2.14. The van der Waals surface area contributed by atoms with Gasteiger partial charge in [0.15, 0.2) is 0 Å². The van der Waals surface area contributed by atoms with Crippen molar-refractivity contribution in [2.24, 2.45) is 0 Å². The molecule has 102 valence electrons. The lowest BCUT2D eigenvalue weighted by atomic mass is 10.3. The summed E-state index contributed by atoms with van der Waals surface area (Å²) in [5, 5.41) is 2.30. The molecule has 1 aromatic heterocycles. The van der Waals surface area contributed by atoms with Crippen LogP contribution in [0.1, 0.15) is 17.8 Å². The fourth-order valence-electron chi connectivity index (χ4n) is 1.66. The number of hydrogen-bond donors (Lipinski definition) is 2. The van der Waals surface area contributed by atoms with Crippen LogP contribution in [0.4, 0.5) is 5.69 Å². The summed E-state index contributed by atoms with van der Waals surface area (Å²) in [4.78, 5) is 0.983. The summed E-state index contributed by atoms with van der Waals surface area (Å²) in [6.07, 6.45) is 0. The second kappa shape index (κ2) is 5.50. The Bertz CT molecular complexity index is 669. The highest BCUT2D eigenvalue weighted by atomic mass is 35.5. The third kappa shape index (κ3) is 3.27. The van der Waals surface area contributed by atoms with E-state index in [1.54, 1.807) is 6.92 Å². The highest BCUT2D eigenvalue weighted by Crippen LogP contribution is 2.25. The molecule has 0 amide bonds. The molecule has 1 atom stereocenters. The molecule has 0 saturated carbocycles. The van der Waals surface area contributed by atoms with Gasteiger partial charge in [0.25, 0.3) is 0 Å². The molecule has 19 heavy (non-hydrogen) atoms. The zero-order valence-corrected chi connectivity index (χ0v) is 12.5. The minimum atomic E-state index is -3.66. The number of hydrogen-bond acceptors (Lipinski definition) is 4. The van der Waals surface area contributed by atoms with Gasteiger partial charge in [0.05, 0.1) is 11.7 Å². The van der Waals surface area contributed by atoms with E-state index in [0.29, 0.717) is 5.02 Å². The molecule has 0 spiro atoms. The molecule has 0 saturated heterocycles. The van der Waals surface area contributed by atoms with E-state index in [4.69, 9.17) is 17.3 Å². The van der Waals surface area contributed by atoms with E-state index in [1.165, 1.54) is 29.5 Å². The van der Waals surface area contributed by atoms with E-state index in [9.17, 15) is 8.42 Å². The predicted octanol–water partition coefficient (Wildman–Crippen LogP) is 3.02. The first-order chi connectivity index (χ1) is 8.90. The Morgan fingerprint density at radius 3 is 2.68 bits per heavy atom. The van der Waals surface area contributed by atoms with Crippen molar-refractivity contribution in [2.75, 3.05) is 5.73 Å². The second-order valence-corrected chi connectivity index (χ2v) is 7.14. The first-order valence-electron chi connectivity index (χ1n) is 5.51. The number of halogens is 1. The first-order valence-corrected chi connectivity index (χ1v) is 8.25.